The van der Waals surface area contributed by atoms with Gasteiger partial charge >= 0.3 is 0 Å². The van der Waals surface area contributed by atoms with E-state index < -0.39 is 5.60 Å². The molecule has 0 bridgehead atoms. The Bertz CT molecular complexity index is 900. The summed E-state index contributed by atoms with van der Waals surface area (Å²) >= 11 is 12.8. The molecule has 0 spiro atoms. The third-order valence-electron chi connectivity index (χ3n) is 6.23. The lowest BCUT2D eigenvalue weighted by atomic mass is 9.58. The fraction of sp³-hybridized carbons (Fsp3) is 0.417. The van der Waals surface area contributed by atoms with Crippen LogP contribution >= 0.6 is 23.2 Å². The molecule has 0 saturated heterocycles. The summed E-state index contributed by atoms with van der Waals surface area (Å²) in [6, 6.07) is 13.3. The zero-order valence-corrected chi connectivity index (χ0v) is 18.7. The van der Waals surface area contributed by atoms with Gasteiger partial charge in [-0.15, -0.1) is 0 Å². The van der Waals surface area contributed by atoms with Crippen molar-refractivity contribution in [2.24, 2.45) is 11.7 Å². The molecule has 4 nitrogen and oxygen atoms in total. The molecule has 1 aliphatic carbocycles. The van der Waals surface area contributed by atoms with Gasteiger partial charge in [-0.25, -0.2) is 0 Å². The maximum atomic E-state index is 12.3. The summed E-state index contributed by atoms with van der Waals surface area (Å²) < 4.78 is 5.88. The molecule has 1 fully saturated rings. The molecule has 2 aromatic carbocycles. The zero-order chi connectivity index (χ0) is 21.9. The number of benzene rings is 2. The Morgan fingerprint density at radius 1 is 1.20 bits per heavy atom. The summed E-state index contributed by atoms with van der Waals surface area (Å²) in [5.74, 6) is -0.427. The summed E-state index contributed by atoms with van der Waals surface area (Å²) in [6.45, 7) is 3.74. The Morgan fingerprint density at radius 3 is 2.47 bits per heavy atom. The molecule has 0 aliphatic heterocycles. The molecule has 30 heavy (non-hydrogen) atoms. The lowest BCUT2D eigenvalue weighted by molar-refractivity contribution is -0.153. The van der Waals surface area contributed by atoms with E-state index in [0.29, 0.717) is 29.2 Å². The Hall–Kier alpha value is -1.72. The summed E-state index contributed by atoms with van der Waals surface area (Å²) in [6.07, 6.45) is 2.65. The highest BCUT2D eigenvalue weighted by Gasteiger charge is 2.52. The Balaban J connectivity index is 2.17. The topological polar surface area (TPSA) is 69.4 Å². The van der Waals surface area contributed by atoms with Gasteiger partial charge < -0.3 is 20.1 Å². The van der Waals surface area contributed by atoms with Crippen molar-refractivity contribution in [3.63, 3.8) is 0 Å². The van der Waals surface area contributed by atoms with E-state index in [0.717, 1.165) is 23.0 Å². The van der Waals surface area contributed by atoms with Crippen LogP contribution in [0.25, 0.3) is 0 Å². The number of hydrogen-bond donors (Lipinski definition) is 1. The monoisotopic (exact) mass is 447 g/mol. The van der Waals surface area contributed by atoms with E-state index in [2.05, 4.69) is 6.07 Å². The van der Waals surface area contributed by atoms with Gasteiger partial charge in [-0.05, 0) is 73.4 Å². The molecule has 0 radical (unpaired) electrons. The quantitative estimate of drug-likeness (QED) is 0.600. The first kappa shape index (κ1) is 23.0. The van der Waals surface area contributed by atoms with E-state index in [9.17, 15) is 9.59 Å². The first-order chi connectivity index (χ1) is 14.3. The van der Waals surface area contributed by atoms with E-state index in [1.54, 1.807) is 0 Å². The summed E-state index contributed by atoms with van der Waals surface area (Å²) in [4.78, 5) is 23.4. The standard InChI is InChI=1S/C24H27Cl2NO3/c1-15-3-8-19(21(26)13-15)20-9-10-24(14-29,30-12-11-28)23(16(2)27)22(20)17-4-6-18(25)7-5-17/h3-8,11,13-14,16,20,22-23H,9-10,12,27H2,1-2H3. The number of halogens is 2. The van der Waals surface area contributed by atoms with Crippen LogP contribution in [0.4, 0.5) is 0 Å². The van der Waals surface area contributed by atoms with Crippen molar-refractivity contribution >= 4 is 35.8 Å². The number of rotatable bonds is 7. The smallest absolute Gasteiger partial charge is 0.152 e. The van der Waals surface area contributed by atoms with Crippen molar-refractivity contribution in [1.29, 1.82) is 0 Å². The highest BCUT2D eigenvalue weighted by molar-refractivity contribution is 6.31. The molecule has 0 amide bonds. The molecule has 5 atom stereocenters. The van der Waals surface area contributed by atoms with Gasteiger partial charge in [0.2, 0.25) is 0 Å². The second kappa shape index (κ2) is 9.61. The lowest BCUT2D eigenvalue weighted by Crippen LogP contribution is -2.56. The van der Waals surface area contributed by atoms with Crippen molar-refractivity contribution in [3.05, 3.63) is 69.2 Å². The van der Waals surface area contributed by atoms with E-state index in [4.69, 9.17) is 33.7 Å². The summed E-state index contributed by atoms with van der Waals surface area (Å²) in [5.41, 5.74) is 8.47. The van der Waals surface area contributed by atoms with Crippen LogP contribution in [0.2, 0.25) is 10.0 Å². The van der Waals surface area contributed by atoms with Crippen LogP contribution < -0.4 is 5.73 Å². The number of carbonyl (C=O) groups excluding carboxylic acids is 2. The van der Waals surface area contributed by atoms with Crippen molar-refractivity contribution in [2.45, 2.75) is 50.2 Å². The van der Waals surface area contributed by atoms with Crippen molar-refractivity contribution in [2.75, 3.05) is 6.61 Å². The summed E-state index contributed by atoms with van der Waals surface area (Å²) in [5, 5.41) is 1.34. The molecule has 2 aromatic rings. The second-order valence-corrected chi connectivity index (χ2v) is 9.03. The minimum atomic E-state index is -1.13. The number of aryl methyl sites for hydroxylation is 1. The van der Waals surface area contributed by atoms with Gasteiger partial charge in [-0.1, -0.05) is 47.5 Å². The van der Waals surface area contributed by atoms with Gasteiger partial charge in [-0.2, -0.15) is 0 Å². The van der Waals surface area contributed by atoms with E-state index >= 15 is 0 Å². The molecule has 6 heteroatoms. The van der Waals surface area contributed by atoms with Gasteiger partial charge in [0.1, 0.15) is 18.5 Å². The average molecular weight is 448 g/mol. The van der Waals surface area contributed by atoms with E-state index in [1.807, 2.05) is 50.2 Å². The molecular formula is C24H27Cl2NO3. The molecule has 0 aromatic heterocycles. The molecule has 0 heterocycles. The van der Waals surface area contributed by atoms with Crippen LogP contribution in [0.15, 0.2) is 42.5 Å². The third-order valence-corrected chi connectivity index (χ3v) is 6.81. The van der Waals surface area contributed by atoms with Crippen LogP contribution in [0.3, 0.4) is 0 Å². The first-order valence-electron chi connectivity index (χ1n) is 10.1. The molecule has 160 valence electrons. The van der Waals surface area contributed by atoms with E-state index in [-0.39, 0.29) is 30.4 Å². The third kappa shape index (κ3) is 4.47. The predicted octanol–water partition coefficient (Wildman–Crippen LogP) is 5.08. The van der Waals surface area contributed by atoms with Gasteiger partial charge in [0, 0.05) is 22.0 Å². The van der Waals surface area contributed by atoms with Gasteiger partial charge in [0.15, 0.2) is 6.29 Å². The highest BCUT2D eigenvalue weighted by Crippen LogP contribution is 2.54. The second-order valence-electron chi connectivity index (χ2n) is 8.18. The lowest BCUT2D eigenvalue weighted by Gasteiger charge is -2.50. The van der Waals surface area contributed by atoms with Crippen molar-refractivity contribution in [1.82, 2.24) is 0 Å². The Morgan fingerprint density at radius 2 is 1.90 bits per heavy atom. The fourth-order valence-electron chi connectivity index (χ4n) is 4.99. The Labute approximate surface area is 187 Å². The van der Waals surface area contributed by atoms with Gasteiger partial charge in [0.05, 0.1) is 0 Å². The number of aldehydes is 2. The van der Waals surface area contributed by atoms with Crippen LogP contribution in [0.1, 0.15) is 48.3 Å². The zero-order valence-electron chi connectivity index (χ0n) is 17.2. The van der Waals surface area contributed by atoms with Crippen LogP contribution in [0.5, 0.6) is 0 Å². The molecule has 1 saturated carbocycles. The fourth-order valence-corrected chi connectivity index (χ4v) is 5.49. The maximum absolute atomic E-state index is 12.3. The van der Waals surface area contributed by atoms with Crippen LogP contribution in [-0.4, -0.2) is 30.8 Å². The first-order valence-corrected chi connectivity index (χ1v) is 10.9. The van der Waals surface area contributed by atoms with Crippen molar-refractivity contribution < 1.29 is 14.3 Å². The minimum absolute atomic E-state index is 0.0446. The number of ether oxygens (including phenoxy) is 1. The maximum Gasteiger partial charge on any atom is 0.152 e. The highest BCUT2D eigenvalue weighted by atomic mass is 35.5. The Kier molecular flexibility index (Phi) is 7.35. The van der Waals surface area contributed by atoms with Crippen LogP contribution in [-0.2, 0) is 14.3 Å². The molecule has 3 rings (SSSR count). The SMILES string of the molecule is Cc1ccc(C2CCC(C=O)(OCC=O)C(C(C)N)C2c2ccc(Cl)cc2)c(Cl)c1. The number of hydrogen-bond acceptors (Lipinski definition) is 4. The molecule has 2 N–H and O–H groups in total. The number of nitrogens with two attached hydrogens (primary N) is 1. The largest absolute Gasteiger partial charge is 0.360 e. The molecule has 1 aliphatic rings. The number of carbonyl (C=O) groups is 2. The summed E-state index contributed by atoms with van der Waals surface area (Å²) in [7, 11) is 0. The van der Waals surface area contributed by atoms with E-state index in [1.165, 1.54) is 0 Å². The van der Waals surface area contributed by atoms with Gasteiger partial charge in [0.25, 0.3) is 0 Å². The predicted molar refractivity (Wildman–Crippen MR) is 120 cm³/mol. The van der Waals surface area contributed by atoms with Crippen molar-refractivity contribution in [3.8, 4) is 0 Å². The minimum Gasteiger partial charge on any atom is -0.360 e. The van der Waals surface area contributed by atoms with Gasteiger partial charge in [-0.3, -0.25) is 0 Å². The average Bonchev–Trinajstić information content (AvgIpc) is 2.72. The normalized spacial score (nSPS) is 27.4. The molecule has 5 unspecified atom stereocenters. The molecular weight excluding hydrogens is 421 g/mol. The van der Waals surface area contributed by atoms with Crippen LogP contribution in [0, 0.1) is 12.8 Å².